The zero-order valence-corrected chi connectivity index (χ0v) is 18.7. The van der Waals surface area contributed by atoms with Crippen molar-refractivity contribution in [1.29, 1.82) is 0 Å². The number of likely N-dealkylation sites (tertiary alicyclic amines) is 1. The number of carbonyl (C=O) groups excluding carboxylic acids is 1. The molecule has 2 N–H and O–H groups in total. The van der Waals surface area contributed by atoms with E-state index >= 15 is 0 Å². The number of aromatic nitrogens is 1. The molecule has 33 heavy (non-hydrogen) atoms. The van der Waals surface area contributed by atoms with Gasteiger partial charge in [0.2, 0.25) is 6.41 Å². The first-order chi connectivity index (χ1) is 16.2. The van der Waals surface area contributed by atoms with Gasteiger partial charge >= 0.3 is 6.09 Å². The molecule has 0 bridgehead atoms. The molecule has 2 saturated heterocycles. The van der Waals surface area contributed by atoms with Gasteiger partial charge in [-0.15, -0.1) is 0 Å². The maximum Gasteiger partial charge on any atom is 0.410 e. The Hall–Kier alpha value is -2.72. The molecule has 3 heterocycles. The zero-order valence-electron chi connectivity index (χ0n) is 18.7. The second-order valence-corrected chi connectivity index (χ2v) is 8.28. The van der Waals surface area contributed by atoms with E-state index in [2.05, 4.69) is 10.3 Å². The third kappa shape index (κ3) is 6.88. The SMILES string of the molecule is O=C(OCc1ccccc1)N1CCC(OC(O)N2CCNCC2COc2cccnc2)CC1. The molecule has 2 aliphatic heterocycles. The molecule has 9 heteroatoms. The molecule has 1 aromatic carbocycles. The van der Waals surface area contributed by atoms with Crippen molar-refractivity contribution in [2.45, 2.75) is 38.0 Å². The minimum absolute atomic E-state index is 0.0259. The minimum Gasteiger partial charge on any atom is -0.490 e. The number of ether oxygens (including phenoxy) is 3. The molecular formula is C24H32N4O5. The number of nitrogens with one attached hydrogen (secondary N) is 1. The first-order valence-electron chi connectivity index (χ1n) is 11.5. The van der Waals surface area contributed by atoms with Crippen molar-refractivity contribution in [3.05, 3.63) is 60.4 Å². The molecule has 4 rings (SSSR count). The molecule has 1 amide bonds. The van der Waals surface area contributed by atoms with Crippen LogP contribution < -0.4 is 10.1 Å². The van der Waals surface area contributed by atoms with E-state index in [1.807, 2.05) is 47.4 Å². The van der Waals surface area contributed by atoms with Gasteiger partial charge in [0, 0.05) is 38.9 Å². The minimum atomic E-state index is -1.02. The van der Waals surface area contributed by atoms with Crippen LogP contribution in [0.4, 0.5) is 4.79 Å². The molecule has 2 aromatic rings. The number of rotatable bonds is 8. The fourth-order valence-corrected chi connectivity index (χ4v) is 4.08. The van der Waals surface area contributed by atoms with Gasteiger partial charge in [-0.1, -0.05) is 30.3 Å². The third-order valence-corrected chi connectivity index (χ3v) is 5.98. The van der Waals surface area contributed by atoms with Crippen molar-refractivity contribution in [2.24, 2.45) is 0 Å². The maximum absolute atomic E-state index is 12.4. The quantitative estimate of drug-likeness (QED) is 0.581. The molecule has 2 atom stereocenters. The summed E-state index contributed by atoms with van der Waals surface area (Å²) in [7, 11) is 0. The highest BCUT2D eigenvalue weighted by atomic mass is 16.6. The maximum atomic E-state index is 12.4. The highest BCUT2D eigenvalue weighted by Gasteiger charge is 2.32. The summed E-state index contributed by atoms with van der Waals surface area (Å²) >= 11 is 0. The molecule has 178 valence electrons. The molecule has 0 saturated carbocycles. The summed E-state index contributed by atoms with van der Waals surface area (Å²) in [5, 5.41) is 14.1. The lowest BCUT2D eigenvalue weighted by Crippen LogP contribution is -2.58. The topological polar surface area (TPSA) is 96.4 Å². The van der Waals surface area contributed by atoms with Crippen molar-refractivity contribution in [3.8, 4) is 5.75 Å². The van der Waals surface area contributed by atoms with E-state index in [9.17, 15) is 9.90 Å². The Morgan fingerprint density at radius 2 is 1.97 bits per heavy atom. The second kappa shape index (κ2) is 11.9. The average molecular weight is 457 g/mol. The van der Waals surface area contributed by atoms with Gasteiger partial charge in [-0.25, -0.2) is 9.69 Å². The summed E-state index contributed by atoms with van der Waals surface area (Å²) in [6, 6.07) is 13.3. The van der Waals surface area contributed by atoms with Crippen LogP contribution in [-0.4, -0.2) is 83.9 Å². The molecule has 0 spiro atoms. The monoisotopic (exact) mass is 456 g/mol. The second-order valence-electron chi connectivity index (χ2n) is 8.28. The van der Waals surface area contributed by atoms with Crippen molar-refractivity contribution in [3.63, 3.8) is 0 Å². The van der Waals surface area contributed by atoms with Crippen LogP contribution in [-0.2, 0) is 16.1 Å². The fraction of sp³-hybridized carbons (Fsp3) is 0.500. The van der Waals surface area contributed by atoms with Crippen LogP contribution in [0.15, 0.2) is 54.9 Å². The normalized spacial score (nSPS) is 20.9. The number of hydrogen-bond donors (Lipinski definition) is 2. The van der Waals surface area contributed by atoms with Crippen molar-refractivity contribution >= 4 is 6.09 Å². The fourth-order valence-electron chi connectivity index (χ4n) is 4.08. The van der Waals surface area contributed by atoms with Crippen LogP contribution in [0.2, 0.25) is 0 Å². The van der Waals surface area contributed by atoms with Crippen LogP contribution in [0.5, 0.6) is 5.75 Å². The molecule has 0 aliphatic carbocycles. The number of benzene rings is 1. The van der Waals surface area contributed by atoms with E-state index in [4.69, 9.17) is 14.2 Å². The molecule has 0 radical (unpaired) electrons. The van der Waals surface area contributed by atoms with E-state index in [0.29, 0.717) is 51.4 Å². The number of hydrogen-bond acceptors (Lipinski definition) is 8. The molecule has 1 aromatic heterocycles. The van der Waals surface area contributed by atoms with Crippen molar-refractivity contribution in [2.75, 3.05) is 39.3 Å². The van der Waals surface area contributed by atoms with Crippen molar-refractivity contribution < 1.29 is 24.1 Å². The molecule has 2 fully saturated rings. The van der Waals surface area contributed by atoms with Crippen LogP contribution in [0, 0.1) is 0 Å². The summed E-state index contributed by atoms with van der Waals surface area (Å²) < 4.78 is 17.2. The summed E-state index contributed by atoms with van der Waals surface area (Å²) in [4.78, 5) is 20.0. The third-order valence-electron chi connectivity index (χ3n) is 5.98. The first kappa shape index (κ1) is 23.4. The Balaban J connectivity index is 1.20. The van der Waals surface area contributed by atoms with Crippen LogP contribution >= 0.6 is 0 Å². The number of aliphatic hydroxyl groups is 1. The van der Waals surface area contributed by atoms with Crippen LogP contribution in [0.3, 0.4) is 0 Å². The molecular weight excluding hydrogens is 424 g/mol. The lowest BCUT2D eigenvalue weighted by atomic mass is 10.1. The predicted molar refractivity (Wildman–Crippen MR) is 121 cm³/mol. The number of piperazine rings is 1. The largest absolute Gasteiger partial charge is 0.490 e. The number of nitrogens with zero attached hydrogens (tertiary/aromatic N) is 3. The van der Waals surface area contributed by atoms with Gasteiger partial charge in [-0.05, 0) is 30.5 Å². The molecule has 9 nitrogen and oxygen atoms in total. The van der Waals surface area contributed by atoms with Gasteiger partial charge in [0.05, 0.1) is 18.3 Å². The summed E-state index contributed by atoms with van der Waals surface area (Å²) in [5.41, 5.74) is 0.963. The van der Waals surface area contributed by atoms with E-state index in [0.717, 1.165) is 12.1 Å². The van der Waals surface area contributed by atoms with E-state index in [1.165, 1.54) is 0 Å². The summed E-state index contributed by atoms with van der Waals surface area (Å²) in [6.07, 6.45) is 3.23. The Morgan fingerprint density at radius 3 is 2.73 bits per heavy atom. The zero-order chi connectivity index (χ0) is 22.9. The van der Waals surface area contributed by atoms with Crippen LogP contribution in [0.25, 0.3) is 0 Å². The lowest BCUT2D eigenvalue weighted by molar-refractivity contribution is -0.238. The Morgan fingerprint density at radius 1 is 1.15 bits per heavy atom. The summed E-state index contributed by atoms with van der Waals surface area (Å²) in [5.74, 6) is 0.699. The number of pyridine rings is 1. The van der Waals surface area contributed by atoms with Gasteiger partial charge in [-0.3, -0.25) is 4.98 Å². The predicted octanol–water partition coefficient (Wildman–Crippen LogP) is 1.83. The van der Waals surface area contributed by atoms with Crippen LogP contribution in [0.1, 0.15) is 18.4 Å². The Labute approximate surface area is 194 Å². The average Bonchev–Trinajstić information content (AvgIpc) is 2.88. The number of aliphatic hydroxyl groups excluding tert-OH is 1. The first-order valence-corrected chi connectivity index (χ1v) is 11.5. The standard InChI is InChI=1S/C24H32N4O5/c29-23(32-17-19-5-2-1-3-6-19)27-12-8-21(9-13-27)33-24(30)28-14-11-26-15-20(28)18-31-22-7-4-10-25-16-22/h1-7,10,16,20-21,24,26,30H,8-9,11-15,17-18H2. The van der Waals surface area contributed by atoms with Crippen molar-refractivity contribution in [1.82, 2.24) is 20.1 Å². The lowest BCUT2D eigenvalue weighted by Gasteiger charge is -2.40. The van der Waals surface area contributed by atoms with E-state index < -0.39 is 6.41 Å². The van der Waals surface area contributed by atoms with E-state index in [-0.39, 0.29) is 24.8 Å². The number of amides is 1. The van der Waals surface area contributed by atoms with Gasteiger partial charge in [-0.2, -0.15) is 0 Å². The molecule has 2 unspecified atom stereocenters. The van der Waals surface area contributed by atoms with Gasteiger partial charge in [0.15, 0.2) is 0 Å². The Bertz CT molecular complexity index is 848. The Kier molecular flexibility index (Phi) is 8.48. The smallest absolute Gasteiger partial charge is 0.410 e. The highest BCUT2D eigenvalue weighted by molar-refractivity contribution is 5.67. The molecule has 2 aliphatic rings. The summed E-state index contributed by atoms with van der Waals surface area (Å²) in [6.45, 7) is 3.90. The van der Waals surface area contributed by atoms with Gasteiger partial charge < -0.3 is 29.5 Å². The van der Waals surface area contributed by atoms with E-state index in [1.54, 1.807) is 17.3 Å². The highest BCUT2D eigenvalue weighted by Crippen LogP contribution is 2.19. The van der Waals surface area contributed by atoms with Gasteiger partial charge in [0.25, 0.3) is 0 Å². The number of piperidine rings is 1. The van der Waals surface area contributed by atoms with Gasteiger partial charge in [0.1, 0.15) is 19.0 Å². The number of carbonyl (C=O) groups is 1.